The van der Waals surface area contributed by atoms with Gasteiger partial charge < -0.3 is 14.8 Å². The van der Waals surface area contributed by atoms with Crippen LogP contribution >= 0.6 is 23.2 Å². The lowest BCUT2D eigenvalue weighted by Crippen LogP contribution is -2.48. The van der Waals surface area contributed by atoms with Crippen LogP contribution in [0, 0.1) is 13.8 Å². The Morgan fingerprint density at radius 1 is 1.16 bits per heavy atom. The molecule has 0 saturated heterocycles. The predicted octanol–water partition coefficient (Wildman–Crippen LogP) is 5.20. The molecule has 6 nitrogen and oxygen atoms in total. The van der Waals surface area contributed by atoms with Crippen LogP contribution in [0.25, 0.3) is 0 Å². The highest BCUT2D eigenvalue weighted by Gasteiger charge is 2.38. The monoisotopic (exact) mass is 462 g/mol. The number of aryl methyl sites for hydroxylation is 2. The van der Waals surface area contributed by atoms with Crippen molar-refractivity contribution < 1.29 is 19.1 Å². The Morgan fingerprint density at radius 2 is 1.90 bits per heavy atom. The third kappa shape index (κ3) is 4.81. The molecular weight excluding hydrogens is 439 g/mol. The minimum atomic E-state index is -0.827. The summed E-state index contributed by atoms with van der Waals surface area (Å²) in [6.07, 6.45) is 0. The molecule has 3 rings (SSSR count). The second kappa shape index (κ2) is 9.62. The van der Waals surface area contributed by atoms with E-state index in [4.69, 9.17) is 32.7 Å². The Kier molecular flexibility index (Phi) is 7.13. The van der Waals surface area contributed by atoms with Crippen molar-refractivity contribution in [2.45, 2.75) is 26.8 Å². The highest BCUT2D eigenvalue weighted by Crippen LogP contribution is 2.37. The zero-order valence-corrected chi connectivity index (χ0v) is 19.3. The molecule has 1 heterocycles. The average Bonchev–Trinajstić information content (AvgIpc) is 2.73. The molecule has 0 spiro atoms. The SMILES string of the molecule is CCOC(=O)C1=C(COc2ccc(C)c(C)c2)N(C)C(=O)N[C@@H]1c1cccc(Cl)c1Cl. The number of amides is 2. The van der Waals surface area contributed by atoms with Crippen LogP contribution in [0.2, 0.25) is 10.0 Å². The van der Waals surface area contributed by atoms with Gasteiger partial charge in [-0.1, -0.05) is 41.4 Å². The van der Waals surface area contributed by atoms with Crippen LogP contribution in [-0.2, 0) is 9.53 Å². The number of ether oxygens (including phenoxy) is 2. The van der Waals surface area contributed by atoms with Gasteiger partial charge in [-0.25, -0.2) is 9.59 Å². The third-order valence-corrected chi connectivity index (χ3v) is 6.05. The van der Waals surface area contributed by atoms with Gasteiger partial charge in [-0.05, 0) is 55.7 Å². The lowest BCUT2D eigenvalue weighted by Gasteiger charge is -2.34. The van der Waals surface area contributed by atoms with E-state index in [9.17, 15) is 9.59 Å². The number of likely N-dealkylation sites (N-methyl/N-ethyl adjacent to an activating group) is 1. The van der Waals surface area contributed by atoms with Crippen LogP contribution in [0.15, 0.2) is 47.7 Å². The Labute approximate surface area is 191 Å². The summed E-state index contributed by atoms with van der Waals surface area (Å²) >= 11 is 12.6. The van der Waals surface area contributed by atoms with Crippen molar-refractivity contribution in [2.24, 2.45) is 0 Å². The molecule has 0 fully saturated rings. The fourth-order valence-corrected chi connectivity index (χ4v) is 3.73. The maximum Gasteiger partial charge on any atom is 0.338 e. The fraction of sp³-hybridized carbons (Fsp3) is 0.304. The number of esters is 1. The molecule has 1 N–H and O–H groups in total. The van der Waals surface area contributed by atoms with E-state index in [1.54, 1.807) is 32.2 Å². The maximum atomic E-state index is 13.0. The van der Waals surface area contributed by atoms with Gasteiger partial charge in [-0.3, -0.25) is 4.90 Å². The summed E-state index contributed by atoms with van der Waals surface area (Å²) in [7, 11) is 1.57. The molecule has 2 aromatic rings. The van der Waals surface area contributed by atoms with Gasteiger partial charge in [0, 0.05) is 7.05 Å². The second-order valence-electron chi connectivity index (χ2n) is 7.20. The number of urea groups is 1. The van der Waals surface area contributed by atoms with E-state index in [0.717, 1.165) is 11.1 Å². The van der Waals surface area contributed by atoms with Crippen LogP contribution < -0.4 is 10.1 Å². The highest BCUT2D eigenvalue weighted by atomic mass is 35.5. The van der Waals surface area contributed by atoms with E-state index >= 15 is 0 Å². The number of rotatable bonds is 6. The highest BCUT2D eigenvalue weighted by molar-refractivity contribution is 6.42. The fourth-order valence-electron chi connectivity index (χ4n) is 3.31. The molecule has 2 aromatic carbocycles. The predicted molar refractivity (Wildman–Crippen MR) is 121 cm³/mol. The third-order valence-electron chi connectivity index (χ3n) is 5.22. The number of halogens is 2. The summed E-state index contributed by atoms with van der Waals surface area (Å²) in [6, 6.07) is 9.56. The topological polar surface area (TPSA) is 67.9 Å². The molecule has 164 valence electrons. The lowest BCUT2D eigenvalue weighted by atomic mass is 9.94. The Hall–Kier alpha value is -2.70. The van der Waals surface area contributed by atoms with Crippen LogP contribution in [0.3, 0.4) is 0 Å². The molecule has 0 unspecified atom stereocenters. The molecule has 2 amide bonds. The first-order valence-corrected chi connectivity index (χ1v) is 10.6. The number of hydrogen-bond donors (Lipinski definition) is 1. The number of nitrogens with one attached hydrogen (secondary N) is 1. The molecule has 0 aromatic heterocycles. The van der Waals surface area contributed by atoms with Gasteiger partial charge in [0.15, 0.2) is 0 Å². The molecule has 1 atom stereocenters. The van der Waals surface area contributed by atoms with Crippen molar-refractivity contribution >= 4 is 35.2 Å². The zero-order chi connectivity index (χ0) is 22.7. The molecule has 1 aliphatic heterocycles. The Bertz CT molecular complexity index is 1050. The minimum Gasteiger partial charge on any atom is -0.487 e. The molecule has 0 aliphatic carbocycles. The van der Waals surface area contributed by atoms with E-state index in [2.05, 4.69) is 5.32 Å². The van der Waals surface area contributed by atoms with E-state index in [0.29, 0.717) is 22.0 Å². The second-order valence-corrected chi connectivity index (χ2v) is 7.99. The minimum absolute atomic E-state index is 0.00471. The number of carbonyl (C=O) groups excluding carboxylic acids is 2. The van der Waals surface area contributed by atoms with Gasteiger partial charge >= 0.3 is 12.0 Å². The first-order valence-electron chi connectivity index (χ1n) is 9.82. The maximum absolute atomic E-state index is 13.0. The summed E-state index contributed by atoms with van der Waals surface area (Å²) in [6.45, 7) is 5.90. The van der Waals surface area contributed by atoms with Gasteiger partial charge in [-0.2, -0.15) is 0 Å². The normalized spacial score (nSPS) is 16.3. The van der Waals surface area contributed by atoms with Gasteiger partial charge in [-0.15, -0.1) is 0 Å². The molecule has 0 bridgehead atoms. The van der Waals surface area contributed by atoms with E-state index in [-0.39, 0.29) is 23.8 Å². The number of nitrogens with zero attached hydrogens (tertiary/aromatic N) is 1. The number of hydrogen-bond acceptors (Lipinski definition) is 4. The van der Waals surface area contributed by atoms with Crippen molar-refractivity contribution in [3.05, 3.63) is 74.4 Å². The molecule has 8 heteroatoms. The van der Waals surface area contributed by atoms with Gasteiger partial charge in [0.25, 0.3) is 0 Å². The molecule has 1 aliphatic rings. The standard InChI is InChI=1S/C23H24Cl2N2O4/c1-5-30-22(28)19-18(12-31-15-10-9-13(2)14(3)11-15)27(4)23(29)26-21(19)16-7-6-8-17(24)20(16)25/h6-11,21H,5,12H2,1-4H3,(H,26,29)/t21-/m1/s1. The van der Waals surface area contributed by atoms with Crippen molar-refractivity contribution in [2.75, 3.05) is 20.3 Å². The largest absolute Gasteiger partial charge is 0.487 e. The van der Waals surface area contributed by atoms with Gasteiger partial charge in [0.1, 0.15) is 12.4 Å². The summed E-state index contributed by atoms with van der Waals surface area (Å²) in [5.41, 5.74) is 3.36. The number of carbonyl (C=O) groups is 2. The van der Waals surface area contributed by atoms with E-state index in [1.807, 2.05) is 32.0 Å². The first kappa shape index (κ1) is 23.0. The first-order chi connectivity index (χ1) is 14.7. The number of benzene rings is 2. The van der Waals surface area contributed by atoms with Crippen molar-refractivity contribution in [3.63, 3.8) is 0 Å². The molecule has 0 saturated carbocycles. The zero-order valence-electron chi connectivity index (χ0n) is 17.8. The summed E-state index contributed by atoms with van der Waals surface area (Å²) in [4.78, 5) is 27.0. The van der Waals surface area contributed by atoms with E-state index < -0.39 is 18.0 Å². The Balaban J connectivity index is 2.07. The molecule has 0 radical (unpaired) electrons. The van der Waals surface area contributed by atoms with Crippen LogP contribution in [-0.4, -0.2) is 37.2 Å². The Morgan fingerprint density at radius 3 is 2.58 bits per heavy atom. The summed E-state index contributed by atoms with van der Waals surface area (Å²) in [5, 5.41) is 3.40. The van der Waals surface area contributed by atoms with Crippen LogP contribution in [0.1, 0.15) is 29.7 Å². The summed E-state index contributed by atoms with van der Waals surface area (Å²) < 4.78 is 11.2. The van der Waals surface area contributed by atoms with Crippen LogP contribution in [0.4, 0.5) is 4.79 Å². The van der Waals surface area contributed by atoms with Crippen LogP contribution in [0.5, 0.6) is 5.75 Å². The van der Waals surface area contributed by atoms with Gasteiger partial charge in [0.05, 0.1) is 34.0 Å². The van der Waals surface area contributed by atoms with Gasteiger partial charge in [0.2, 0.25) is 0 Å². The molecule has 31 heavy (non-hydrogen) atoms. The molecular formula is C23H24Cl2N2O4. The average molecular weight is 463 g/mol. The summed E-state index contributed by atoms with van der Waals surface area (Å²) in [5.74, 6) is 0.0737. The smallest absolute Gasteiger partial charge is 0.338 e. The van der Waals surface area contributed by atoms with Crippen molar-refractivity contribution in [1.29, 1.82) is 0 Å². The van der Waals surface area contributed by atoms with E-state index in [1.165, 1.54) is 4.90 Å². The van der Waals surface area contributed by atoms with Crippen molar-refractivity contribution in [1.82, 2.24) is 10.2 Å². The van der Waals surface area contributed by atoms with Crippen molar-refractivity contribution in [3.8, 4) is 5.75 Å². The quantitative estimate of drug-likeness (QED) is 0.598. The lowest BCUT2D eigenvalue weighted by molar-refractivity contribution is -0.139.